The predicted molar refractivity (Wildman–Crippen MR) is 111 cm³/mol. The summed E-state index contributed by atoms with van der Waals surface area (Å²) >= 11 is 0. The summed E-state index contributed by atoms with van der Waals surface area (Å²) in [6.45, 7) is 15.0. The van der Waals surface area contributed by atoms with Crippen LogP contribution >= 0.6 is 0 Å². The molecule has 1 rings (SSSR count). The van der Waals surface area contributed by atoms with Gasteiger partial charge >= 0.3 is 5.97 Å². The summed E-state index contributed by atoms with van der Waals surface area (Å²) in [5.41, 5.74) is 0.971. The smallest absolute Gasteiger partial charge is 0.333 e. The maximum atomic E-state index is 10.7. The van der Waals surface area contributed by atoms with Crippen molar-refractivity contribution in [1.29, 1.82) is 0 Å². The molecular weight excluding hydrogens is 358 g/mol. The van der Waals surface area contributed by atoms with Gasteiger partial charge in [0, 0.05) is 18.0 Å². The third kappa shape index (κ3) is 10.8. The summed E-state index contributed by atoms with van der Waals surface area (Å²) in [6, 6.07) is 10.00. The van der Waals surface area contributed by atoms with Crippen molar-refractivity contribution >= 4 is 12.4 Å². The molecular formula is C22H35NO5. The van der Waals surface area contributed by atoms with E-state index < -0.39 is 5.60 Å². The highest BCUT2D eigenvalue weighted by atomic mass is 16.5. The maximum Gasteiger partial charge on any atom is 0.333 e. The Labute approximate surface area is 169 Å². The van der Waals surface area contributed by atoms with Gasteiger partial charge in [0.2, 0.25) is 0 Å². The number of nitrogens with one attached hydrogen (secondary N) is 1. The SMILES string of the molecule is C=C(C)C(=O)OCCNC.CC(C)OCC(c1ccccc1)C(C)(C)OC=O. The van der Waals surface area contributed by atoms with E-state index in [1.165, 1.54) is 0 Å². The molecule has 0 radical (unpaired) electrons. The molecule has 0 saturated heterocycles. The van der Waals surface area contributed by atoms with Crippen LogP contribution in [0.1, 0.15) is 46.1 Å². The van der Waals surface area contributed by atoms with Crippen LogP contribution in [0.4, 0.5) is 0 Å². The van der Waals surface area contributed by atoms with E-state index in [1.807, 2.05) is 58.0 Å². The molecule has 6 heteroatoms. The summed E-state index contributed by atoms with van der Waals surface area (Å²) in [4.78, 5) is 21.3. The molecule has 0 aliphatic rings. The van der Waals surface area contributed by atoms with Gasteiger partial charge in [-0.25, -0.2) is 4.79 Å². The minimum atomic E-state index is -0.585. The standard InChI is InChI=1S/C15H22O3.C7H13NO2/c1-12(2)17-10-14(15(3,4)18-11-16)13-8-6-5-7-9-13;1-6(2)7(9)10-5-4-8-3/h5-9,11-12,14H,10H2,1-4H3;8H,1,4-5H2,2-3H3. The average Bonchev–Trinajstić information content (AvgIpc) is 2.62. The van der Waals surface area contributed by atoms with Crippen molar-refractivity contribution in [1.82, 2.24) is 5.32 Å². The first-order valence-electron chi connectivity index (χ1n) is 9.40. The molecule has 0 aliphatic carbocycles. The first-order chi connectivity index (χ1) is 13.2. The van der Waals surface area contributed by atoms with Gasteiger partial charge < -0.3 is 19.5 Å². The summed E-state index contributed by atoms with van der Waals surface area (Å²) in [6.07, 6.45) is 0.156. The number of esters is 1. The van der Waals surface area contributed by atoms with E-state index >= 15 is 0 Å². The molecule has 0 bridgehead atoms. The maximum absolute atomic E-state index is 10.7. The number of likely N-dealkylation sites (N-methyl/N-ethyl adjacent to an activating group) is 1. The predicted octanol–water partition coefficient (Wildman–Crippen LogP) is 3.47. The van der Waals surface area contributed by atoms with Gasteiger partial charge in [0.15, 0.2) is 0 Å². The number of benzene rings is 1. The van der Waals surface area contributed by atoms with E-state index in [1.54, 1.807) is 14.0 Å². The number of ether oxygens (including phenoxy) is 3. The van der Waals surface area contributed by atoms with Crippen molar-refractivity contribution in [2.24, 2.45) is 0 Å². The molecule has 0 amide bonds. The Balaban J connectivity index is 0.000000621. The van der Waals surface area contributed by atoms with Gasteiger partial charge in [-0.2, -0.15) is 0 Å². The lowest BCUT2D eigenvalue weighted by Crippen LogP contribution is -2.36. The van der Waals surface area contributed by atoms with Gasteiger partial charge in [0.05, 0.1) is 12.7 Å². The molecule has 0 aromatic heterocycles. The molecule has 0 spiro atoms. The van der Waals surface area contributed by atoms with Gasteiger partial charge in [0.1, 0.15) is 12.2 Å². The molecule has 0 aliphatic heterocycles. The van der Waals surface area contributed by atoms with Crippen molar-refractivity contribution in [3.8, 4) is 0 Å². The minimum absolute atomic E-state index is 0.0197. The molecule has 6 nitrogen and oxygen atoms in total. The number of hydrogen-bond donors (Lipinski definition) is 1. The van der Waals surface area contributed by atoms with E-state index in [4.69, 9.17) is 14.2 Å². The van der Waals surface area contributed by atoms with Crippen LogP contribution < -0.4 is 5.32 Å². The highest BCUT2D eigenvalue weighted by Gasteiger charge is 2.33. The number of hydrogen-bond acceptors (Lipinski definition) is 6. The van der Waals surface area contributed by atoms with Crippen LogP contribution in [0.25, 0.3) is 0 Å². The van der Waals surface area contributed by atoms with Crippen molar-refractivity contribution in [2.45, 2.75) is 52.2 Å². The quantitative estimate of drug-likeness (QED) is 0.269. The van der Waals surface area contributed by atoms with Crippen molar-refractivity contribution in [3.05, 3.63) is 48.0 Å². The monoisotopic (exact) mass is 393 g/mol. The Kier molecular flexibility index (Phi) is 12.8. The molecule has 158 valence electrons. The van der Waals surface area contributed by atoms with E-state index in [2.05, 4.69) is 11.9 Å². The van der Waals surface area contributed by atoms with Gasteiger partial charge in [-0.1, -0.05) is 36.9 Å². The molecule has 1 unspecified atom stereocenters. The summed E-state index contributed by atoms with van der Waals surface area (Å²) in [5.74, 6) is -0.304. The highest BCUT2D eigenvalue weighted by Crippen LogP contribution is 2.31. The van der Waals surface area contributed by atoms with Gasteiger partial charge in [0.25, 0.3) is 6.47 Å². The van der Waals surface area contributed by atoms with Crippen LogP contribution in [0.3, 0.4) is 0 Å². The fourth-order valence-electron chi connectivity index (χ4n) is 2.25. The Hall–Kier alpha value is -2.18. The molecule has 1 atom stereocenters. The largest absolute Gasteiger partial charge is 0.461 e. The Morgan fingerprint density at radius 3 is 2.32 bits per heavy atom. The number of carbonyl (C=O) groups is 2. The molecule has 0 saturated carbocycles. The van der Waals surface area contributed by atoms with Crippen LogP contribution in [0.5, 0.6) is 0 Å². The fourth-order valence-corrected chi connectivity index (χ4v) is 2.25. The second-order valence-electron chi connectivity index (χ2n) is 7.18. The molecule has 1 aromatic carbocycles. The van der Waals surface area contributed by atoms with Crippen LogP contribution in [-0.4, -0.2) is 51.0 Å². The van der Waals surface area contributed by atoms with Crippen molar-refractivity contribution in [2.75, 3.05) is 26.8 Å². The molecule has 1 aromatic rings. The van der Waals surface area contributed by atoms with E-state index in [-0.39, 0.29) is 18.0 Å². The zero-order valence-corrected chi connectivity index (χ0v) is 18.0. The minimum Gasteiger partial charge on any atom is -0.461 e. The first-order valence-corrected chi connectivity index (χ1v) is 9.40. The molecule has 1 N–H and O–H groups in total. The van der Waals surface area contributed by atoms with E-state index in [0.717, 1.165) is 5.56 Å². The normalized spacial score (nSPS) is 11.8. The Bertz CT molecular complexity index is 584. The Morgan fingerprint density at radius 1 is 1.25 bits per heavy atom. The number of rotatable bonds is 11. The lowest BCUT2D eigenvalue weighted by Gasteiger charge is -2.33. The topological polar surface area (TPSA) is 73.9 Å². The van der Waals surface area contributed by atoms with Gasteiger partial charge in [-0.05, 0) is 47.2 Å². The van der Waals surface area contributed by atoms with Gasteiger partial charge in [-0.3, -0.25) is 4.79 Å². The lowest BCUT2D eigenvalue weighted by atomic mass is 9.85. The molecule has 28 heavy (non-hydrogen) atoms. The summed E-state index contributed by atoms with van der Waals surface area (Å²) in [5, 5.41) is 2.86. The zero-order valence-electron chi connectivity index (χ0n) is 18.0. The third-order valence-electron chi connectivity index (χ3n) is 3.92. The highest BCUT2D eigenvalue weighted by molar-refractivity contribution is 5.86. The Morgan fingerprint density at radius 2 is 1.86 bits per heavy atom. The van der Waals surface area contributed by atoms with E-state index in [9.17, 15) is 9.59 Å². The molecule has 0 heterocycles. The average molecular weight is 394 g/mol. The van der Waals surface area contributed by atoms with Crippen LogP contribution in [0.2, 0.25) is 0 Å². The first kappa shape index (κ1) is 25.8. The van der Waals surface area contributed by atoms with Crippen LogP contribution in [0, 0.1) is 0 Å². The van der Waals surface area contributed by atoms with Crippen molar-refractivity contribution < 1.29 is 23.8 Å². The van der Waals surface area contributed by atoms with Crippen LogP contribution in [0.15, 0.2) is 42.5 Å². The zero-order chi connectivity index (χ0) is 21.6. The van der Waals surface area contributed by atoms with Gasteiger partial charge in [-0.15, -0.1) is 0 Å². The number of carbonyl (C=O) groups excluding carboxylic acids is 2. The fraction of sp³-hybridized carbons (Fsp3) is 0.545. The summed E-state index contributed by atoms with van der Waals surface area (Å²) < 4.78 is 15.7. The third-order valence-corrected chi connectivity index (χ3v) is 3.92. The molecule has 0 fully saturated rings. The summed E-state index contributed by atoms with van der Waals surface area (Å²) in [7, 11) is 1.80. The second-order valence-corrected chi connectivity index (χ2v) is 7.18. The van der Waals surface area contributed by atoms with Crippen molar-refractivity contribution in [3.63, 3.8) is 0 Å². The lowest BCUT2D eigenvalue weighted by molar-refractivity contribution is -0.144. The van der Waals surface area contributed by atoms with Crippen LogP contribution in [-0.2, 0) is 23.8 Å². The van der Waals surface area contributed by atoms with E-state index in [0.29, 0.717) is 31.8 Å². The second kappa shape index (κ2) is 13.9.